The van der Waals surface area contributed by atoms with Gasteiger partial charge in [0.1, 0.15) is 5.82 Å². The molecule has 6 heteroatoms. The molecule has 0 spiro atoms. The first kappa shape index (κ1) is 22.6. The van der Waals surface area contributed by atoms with Gasteiger partial charge in [-0.3, -0.25) is 4.18 Å². The molecule has 1 unspecified atom stereocenters. The van der Waals surface area contributed by atoms with E-state index in [4.69, 9.17) is 4.18 Å². The SMILES string of the molecule is Cc1ccc(S(=O)(=O)OC[C@@H](O)CCC2Cc3cc(F)ccc3Cc3ccccc32)cc1. The van der Waals surface area contributed by atoms with Gasteiger partial charge in [-0.15, -0.1) is 0 Å². The van der Waals surface area contributed by atoms with E-state index in [1.165, 1.54) is 29.3 Å². The number of halogens is 1. The van der Waals surface area contributed by atoms with Gasteiger partial charge in [0, 0.05) is 0 Å². The lowest BCUT2D eigenvalue weighted by molar-refractivity contribution is 0.0991. The first-order valence-electron chi connectivity index (χ1n) is 10.8. The van der Waals surface area contributed by atoms with E-state index in [2.05, 4.69) is 12.1 Å². The maximum atomic E-state index is 13.9. The van der Waals surface area contributed by atoms with Gasteiger partial charge in [0.15, 0.2) is 0 Å². The third-order valence-corrected chi connectivity index (χ3v) is 7.38. The van der Waals surface area contributed by atoms with Crippen LogP contribution in [0.4, 0.5) is 4.39 Å². The van der Waals surface area contributed by atoms with Crippen LogP contribution in [-0.2, 0) is 27.1 Å². The smallest absolute Gasteiger partial charge is 0.297 e. The minimum absolute atomic E-state index is 0.0756. The number of rotatable bonds is 7. The van der Waals surface area contributed by atoms with E-state index in [1.807, 2.05) is 25.1 Å². The Morgan fingerprint density at radius 3 is 2.56 bits per heavy atom. The van der Waals surface area contributed by atoms with Gasteiger partial charge in [0.2, 0.25) is 0 Å². The minimum Gasteiger partial charge on any atom is -0.391 e. The minimum atomic E-state index is -3.92. The van der Waals surface area contributed by atoms with Crippen LogP contribution in [0, 0.1) is 12.7 Å². The van der Waals surface area contributed by atoms with Crippen molar-refractivity contribution in [2.45, 2.75) is 49.5 Å². The highest BCUT2D eigenvalue weighted by Crippen LogP contribution is 2.35. The van der Waals surface area contributed by atoms with Crippen molar-refractivity contribution < 1.29 is 22.1 Å². The summed E-state index contributed by atoms with van der Waals surface area (Å²) >= 11 is 0. The average Bonchev–Trinajstić information content (AvgIpc) is 2.93. The lowest BCUT2D eigenvalue weighted by atomic mass is 9.87. The predicted molar refractivity (Wildman–Crippen MR) is 122 cm³/mol. The van der Waals surface area contributed by atoms with Crippen molar-refractivity contribution in [3.63, 3.8) is 0 Å². The Morgan fingerprint density at radius 2 is 1.78 bits per heavy atom. The molecule has 4 nitrogen and oxygen atoms in total. The number of hydrogen-bond acceptors (Lipinski definition) is 4. The van der Waals surface area contributed by atoms with Crippen molar-refractivity contribution in [1.82, 2.24) is 0 Å². The maximum Gasteiger partial charge on any atom is 0.297 e. The third-order valence-electron chi connectivity index (χ3n) is 6.08. The molecule has 0 radical (unpaired) electrons. The van der Waals surface area contributed by atoms with Gasteiger partial charge >= 0.3 is 0 Å². The van der Waals surface area contributed by atoms with Crippen LogP contribution in [0.5, 0.6) is 0 Å². The number of aliphatic hydroxyl groups excluding tert-OH is 1. The van der Waals surface area contributed by atoms with Crippen LogP contribution in [0.1, 0.15) is 46.6 Å². The molecule has 1 aliphatic carbocycles. The van der Waals surface area contributed by atoms with Gasteiger partial charge in [-0.25, -0.2) is 4.39 Å². The molecule has 0 aliphatic heterocycles. The summed E-state index contributed by atoms with van der Waals surface area (Å²) in [7, 11) is -3.92. The Hall–Kier alpha value is -2.54. The molecule has 32 heavy (non-hydrogen) atoms. The topological polar surface area (TPSA) is 63.6 Å². The zero-order chi connectivity index (χ0) is 22.7. The molecule has 0 amide bonds. The second-order valence-electron chi connectivity index (χ2n) is 8.47. The molecule has 1 aliphatic rings. The molecule has 2 atom stereocenters. The Kier molecular flexibility index (Phi) is 6.74. The number of hydrogen-bond donors (Lipinski definition) is 1. The fourth-order valence-electron chi connectivity index (χ4n) is 4.31. The van der Waals surface area contributed by atoms with Crippen LogP contribution >= 0.6 is 0 Å². The number of fused-ring (bicyclic) bond motifs is 2. The third kappa shape index (κ3) is 5.26. The monoisotopic (exact) mass is 454 g/mol. The van der Waals surface area contributed by atoms with Crippen LogP contribution in [0.2, 0.25) is 0 Å². The van der Waals surface area contributed by atoms with Gasteiger partial charge in [-0.2, -0.15) is 8.42 Å². The highest BCUT2D eigenvalue weighted by Gasteiger charge is 2.24. The Balaban J connectivity index is 1.42. The molecular weight excluding hydrogens is 427 g/mol. The van der Waals surface area contributed by atoms with Gasteiger partial charge in [0.25, 0.3) is 10.1 Å². The Morgan fingerprint density at radius 1 is 1.03 bits per heavy atom. The van der Waals surface area contributed by atoms with Crippen LogP contribution in [0.25, 0.3) is 0 Å². The summed E-state index contributed by atoms with van der Waals surface area (Å²) in [4.78, 5) is 0.0756. The van der Waals surface area contributed by atoms with E-state index in [1.54, 1.807) is 18.2 Å². The van der Waals surface area contributed by atoms with Crippen LogP contribution in [0.3, 0.4) is 0 Å². The molecule has 0 aromatic heterocycles. The first-order valence-corrected chi connectivity index (χ1v) is 12.2. The van der Waals surface area contributed by atoms with Gasteiger partial charge < -0.3 is 5.11 Å². The molecule has 168 valence electrons. The summed E-state index contributed by atoms with van der Waals surface area (Å²) in [6.45, 7) is 1.58. The highest BCUT2D eigenvalue weighted by atomic mass is 32.2. The molecule has 1 N–H and O–H groups in total. The van der Waals surface area contributed by atoms with E-state index < -0.39 is 16.2 Å². The van der Waals surface area contributed by atoms with Crippen LogP contribution < -0.4 is 0 Å². The lowest BCUT2D eigenvalue weighted by Crippen LogP contribution is -2.20. The average molecular weight is 455 g/mol. The fourth-order valence-corrected chi connectivity index (χ4v) is 5.25. The standard InChI is InChI=1S/C26H27FO4S/c1-18-6-12-25(13-7-18)32(29,30)31-17-24(28)11-9-21-15-22-16-23(27)10-8-19(22)14-20-4-2-3-5-26(20)21/h2-8,10,12-13,16,21,24,28H,9,11,14-15,17H2,1H3/t21?,24-/m0/s1. The zero-order valence-corrected chi connectivity index (χ0v) is 18.8. The van der Waals surface area contributed by atoms with Crippen molar-refractivity contribution >= 4 is 10.1 Å². The summed E-state index contributed by atoms with van der Waals surface area (Å²) in [5.74, 6) is -0.138. The van der Waals surface area contributed by atoms with E-state index in [0.29, 0.717) is 19.3 Å². The van der Waals surface area contributed by atoms with Crippen molar-refractivity contribution in [2.75, 3.05) is 6.61 Å². The molecule has 0 bridgehead atoms. The molecule has 3 aromatic rings. The number of aryl methyl sites for hydroxylation is 1. The van der Waals surface area contributed by atoms with Crippen molar-refractivity contribution in [1.29, 1.82) is 0 Å². The molecule has 0 saturated carbocycles. The first-order chi connectivity index (χ1) is 15.3. The quantitative estimate of drug-likeness (QED) is 0.515. The molecule has 0 saturated heterocycles. The molecule has 0 heterocycles. The lowest BCUT2D eigenvalue weighted by Gasteiger charge is -2.20. The summed E-state index contributed by atoms with van der Waals surface area (Å²) in [6, 6.07) is 19.5. The second kappa shape index (κ2) is 9.53. The molecule has 3 aromatic carbocycles. The zero-order valence-electron chi connectivity index (χ0n) is 18.0. The second-order valence-corrected chi connectivity index (χ2v) is 10.1. The van der Waals surface area contributed by atoms with E-state index in [-0.39, 0.29) is 23.2 Å². The van der Waals surface area contributed by atoms with Crippen molar-refractivity contribution in [2.24, 2.45) is 0 Å². The number of benzene rings is 3. The van der Waals surface area contributed by atoms with Gasteiger partial charge in [-0.1, -0.05) is 48.0 Å². The Labute approximate surface area is 188 Å². The Bertz CT molecular complexity index is 1190. The van der Waals surface area contributed by atoms with Crippen LogP contribution in [0.15, 0.2) is 71.6 Å². The van der Waals surface area contributed by atoms with Crippen molar-refractivity contribution in [3.05, 3.63) is 100 Å². The van der Waals surface area contributed by atoms with E-state index in [0.717, 1.165) is 23.1 Å². The summed E-state index contributed by atoms with van der Waals surface area (Å²) in [5.41, 5.74) is 5.46. The maximum absolute atomic E-state index is 13.9. The van der Waals surface area contributed by atoms with Gasteiger partial charge in [0.05, 0.1) is 17.6 Å². The normalized spacial score (nSPS) is 16.7. The molecule has 0 fully saturated rings. The largest absolute Gasteiger partial charge is 0.391 e. The predicted octanol–water partition coefficient (Wildman–Crippen LogP) is 4.91. The van der Waals surface area contributed by atoms with Gasteiger partial charge in [-0.05, 0) is 85.0 Å². The summed E-state index contributed by atoms with van der Waals surface area (Å²) < 4.78 is 43.7. The summed E-state index contributed by atoms with van der Waals surface area (Å²) in [6.07, 6.45) is 1.54. The summed E-state index contributed by atoms with van der Waals surface area (Å²) in [5, 5.41) is 10.4. The number of aliphatic hydroxyl groups is 1. The van der Waals surface area contributed by atoms with Crippen LogP contribution in [-0.4, -0.2) is 26.2 Å². The molecular formula is C26H27FO4S. The fraction of sp³-hybridized carbons (Fsp3) is 0.308. The van der Waals surface area contributed by atoms with Crippen molar-refractivity contribution in [3.8, 4) is 0 Å². The molecule has 4 rings (SSSR count). The highest BCUT2D eigenvalue weighted by molar-refractivity contribution is 7.86. The van der Waals surface area contributed by atoms with E-state index in [9.17, 15) is 17.9 Å². The van der Waals surface area contributed by atoms with E-state index >= 15 is 0 Å².